The summed E-state index contributed by atoms with van der Waals surface area (Å²) in [7, 11) is 1.68. The molecule has 3 rings (SSSR count). The van der Waals surface area contributed by atoms with Gasteiger partial charge in [0, 0.05) is 13.1 Å². The molecule has 2 aromatic carbocycles. The van der Waals surface area contributed by atoms with Gasteiger partial charge in [-0.1, -0.05) is 49.4 Å². The maximum Gasteiger partial charge on any atom is 0.315 e. The van der Waals surface area contributed by atoms with E-state index in [0.717, 1.165) is 30.3 Å². The molecule has 0 aromatic heterocycles. The number of benzene rings is 2. The van der Waals surface area contributed by atoms with E-state index >= 15 is 0 Å². The third-order valence-electron chi connectivity index (χ3n) is 5.51. The Bertz CT molecular complexity index is 725. The number of hydrogen-bond donors (Lipinski definition) is 2. The van der Waals surface area contributed by atoms with Crippen LogP contribution in [0.3, 0.4) is 0 Å². The first-order valence-corrected chi connectivity index (χ1v) is 10.1. The lowest BCUT2D eigenvalue weighted by Gasteiger charge is -2.37. The van der Waals surface area contributed by atoms with Gasteiger partial charge in [0.05, 0.1) is 13.2 Å². The summed E-state index contributed by atoms with van der Waals surface area (Å²) in [6, 6.07) is 18.2. The van der Waals surface area contributed by atoms with E-state index in [1.54, 1.807) is 7.11 Å². The van der Waals surface area contributed by atoms with Gasteiger partial charge in [-0.2, -0.15) is 0 Å². The predicted molar refractivity (Wildman–Crippen MR) is 112 cm³/mol. The third-order valence-corrected chi connectivity index (χ3v) is 5.51. The first kappa shape index (κ1) is 20.2. The molecule has 2 N–H and O–H groups in total. The number of carbonyl (C=O) groups excluding carboxylic acids is 1. The smallest absolute Gasteiger partial charge is 0.315 e. The van der Waals surface area contributed by atoms with E-state index in [1.165, 1.54) is 18.4 Å². The van der Waals surface area contributed by atoms with Crippen molar-refractivity contribution in [1.29, 1.82) is 0 Å². The Balaban J connectivity index is 1.60. The van der Waals surface area contributed by atoms with Crippen LogP contribution >= 0.6 is 0 Å². The lowest BCUT2D eigenvalue weighted by Crippen LogP contribution is -2.44. The van der Waals surface area contributed by atoms with Gasteiger partial charge in [0.15, 0.2) is 0 Å². The van der Waals surface area contributed by atoms with Crippen LogP contribution in [0.5, 0.6) is 5.75 Å². The van der Waals surface area contributed by atoms with Crippen molar-refractivity contribution in [2.45, 2.75) is 32.4 Å². The highest BCUT2D eigenvalue weighted by Gasteiger charge is 2.25. The van der Waals surface area contributed by atoms with Crippen molar-refractivity contribution in [3.05, 3.63) is 65.7 Å². The minimum absolute atomic E-state index is 0.132. The summed E-state index contributed by atoms with van der Waals surface area (Å²) in [6.07, 6.45) is 2.40. The Morgan fingerprint density at radius 3 is 2.39 bits per heavy atom. The second kappa shape index (κ2) is 10.1. The van der Waals surface area contributed by atoms with Crippen molar-refractivity contribution < 1.29 is 9.53 Å². The van der Waals surface area contributed by atoms with Gasteiger partial charge in [0.2, 0.25) is 0 Å². The Hall–Kier alpha value is -2.53. The van der Waals surface area contributed by atoms with Crippen LogP contribution in [-0.4, -0.2) is 37.7 Å². The quantitative estimate of drug-likeness (QED) is 0.763. The van der Waals surface area contributed by atoms with Crippen LogP contribution in [0.25, 0.3) is 0 Å². The first-order valence-electron chi connectivity index (χ1n) is 10.1. The molecule has 1 fully saturated rings. The fraction of sp³-hybridized carbons (Fsp3) is 0.435. The van der Waals surface area contributed by atoms with E-state index in [9.17, 15) is 4.79 Å². The minimum Gasteiger partial charge on any atom is -0.497 e. The molecule has 2 amide bonds. The summed E-state index contributed by atoms with van der Waals surface area (Å²) in [5.74, 6) is 1.62. The Labute approximate surface area is 168 Å². The van der Waals surface area contributed by atoms with Crippen molar-refractivity contribution in [1.82, 2.24) is 15.5 Å². The molecule has 0 radical (unpaired) electrons. The third kappa shape index (κ3) is 5.73. The first-order chi connectivity index (χ1) is 13.7. The number of rotatable bonds is 7. The molecule has 28 heavy (non-hydrogen) atoms. The summed E-state index contributed by atoms with van der Waals surface area (Å²) in [5.41, 5.74) is 2.30. The van der Waals surface area contributed by atoms with Crippen LogP contribution in [0.15, 0.2) is 54.6 Å². The maximum atomic E-state index is 12.3. The topological polar surface area (TPSA) is 53.6 Å². The molecule has 0 bridgehead atoms. The number of nitrogens with one attached hydrogen (secondary N) is 2. The van der Waals surface area contributed by atoms with Gasteiger partial charge in [-0.05, 0) is 55.1 Å². The van der Waals surface area contributed by atoms with E-state index in [2.05, 4.69) is 34.6 Å². The van der Waals surface area contributed by atoms with E-state index < -0.39 is 0 Å². The summed E-state index contributed by atoms with van der Waals surface area (Å²) in [6.45, 7) is 5.55. The summed E-state index contributed by atoms with van der Waals surface area (Å²) in [4.78, 5) is 14.8. The molecule has 1 aliphatic heterocycles. The summed E-state index contributed by atoms with van der Waals surface area (Å²) < 4.78 is 5.29. The van der Waals surface area contributed by atoms with Crippen molar-refractivity contribution in [3.8, 4) is 5.75 Å². The van der Waals surface area contributed by atoms with Crippen LogP contribution in [0.2, 0.25) is 0 Å². The van der Waals surface area contributed by atoms with Crippen LogP contribution in [0, 0.1) is 5.92 Å². The largest absolute Gasteiger partial charge is 0.497 e. The molecular formula is C23H31N3O2. The van der Waals surface area contributed by atoms with Crippen molar-refractivity contribution in [2.75, 3.05) is 26.7 Å². The number of likely N-dealkylation sites (tertiary alicyclic amines) is 1. The van der Waals surface area contributed by atoms with Crippen LogP contribution < -0.4 is 15.4 Å². The predicted octanol–water partition coefficient (Wildman–Crippen LogP) is 3.97. The molecule has 1 heterocycles. The molecule has 2 aromatic rings. The standard InChI is InChI=1S/C23H31N3O2/c1-18-12-14-26(15-13-18)22(20-8-10-21(28-2)11-9-20)17-25-23(27)24-16-19-6-4-3-5-7-19/h3-11,18,22H,12-17H2,1-2H3,(H2,24,25,27). The zero-order valence-corrected chi connectivity index (χ0v) is 16.9. The monoisotopic (exact) mass is 381 g/mol. The van der Waals surface area contributed by atoms with Gasteiger partial charge in [-0.15, -0.1) is 0 Å². The van der Waals surface area contributed by atoms with Crippen LogP contribution in [-0.2, 0) is 6.54 Å². The molecular weight excluding hydrogens is 350 g/mol. The SMILES string of the molecule is COc1ccc(C(CNC(=O)NCc2ccccc2)N2CCC(C)CC2)cc1. The molecule has 0 spiro atoms. The van der Waals surface area contributed by atoms with Gasteiger partial charge in [-0.25, -0.2) is 4.79 Å². The van der Waals surface area contributed by atoms with Gasteiger partial charge in [-0.3, -0.25) is 4.90 Å². The van der Waals surface area contributed by atoms with Crippen molar-refractivity contribution >= 4 is 6.03 Å². The Kier molecular flexibility index (Phi) is 7.31. The second-order valence-corrected chi connectivity index (χ2v) is 7.56. The summed E-state index contributed by atoms with van der Waals surface area (Å²) >= 11 is 0. The molecule has 1 atom stereocenters. The fourth-order valence-electron chi connectivity index (χ4n) is 3.65. The lowest BCUT2D eigenvalue weighted by atomic mass is 9.95. The maximum absolute atomic E-state index is 12.3. The molecule has 150 valence electrons. The fourth-order valence-corrected chi connectivity index (χ4v) is 3.65. The van der Waals surface area contributed by atoms with E-state index in [-0.39, 0.29) is 12.1 Å². The molecule has 5 heteroatoms. The van der Waals surface area contributed by atoms with E-state index in [1.807, 2.05) is 42.5 Å². The average molecular weight is 382 g/mol. The number of urea groups is 1. The molecule has 1 saturated heterocycles. The minimum atomic E-state index is -0.132. The van der Waals surface area contributed by atoms with Gasteiger partial charge in [0.1, 0.15) is 5.75 Å². The summed E-state index contributed by atoms with van der Waals surface area (Å²) in [5, 5.41) is 6.01. The zero-order chi connectivity index (χ0) is 19.8. The molecule has 0 saturated carbocycles. The number of amides is 2. The zero-order valence-electron chi connectivity index (χ0n) is 16.9. The molecule has 1 unspecified atom stereocenters. The van der Waals surface area contributed by atoms with Crippen LogP contribution in [0.4, 0.5) is 4.79 Å². The highest BCUT2D eigenvalue weighted by molar-refractivity contribution is 5.73. The normalized spacial score (nSPS) is 16.4. The van der Waals surface area contributed by atoms with Gasteiger partial charge < -0.3 is 15.4 Å². The average Bonchev–Trinajstić information content (AvgIpc) is 2.75. The number of piperidine rings is 1. The molecule has 1 aliphatic rings. The van der Waals surface area contributed by atoms with Gasteiger partial charge >= 0.3 is 6.03 Å². The molecule has 5 nitrogen and oxygen atoms in total. The van der Waals surface area contributed by atoms with E-state index in [4.69, 9.17) is 4.74 Å². The molecule has 0 aliphatic carbocycles. The van der Waals surface area contributed by atoms with E-state index in [0.29, 0.717) is 13.1 Å². The Morgan fingerprint density at radius 1 is 1.07 bits per heavy atom. The number of carbonyl (C=O) groups is 1. The van der Waals surface area contributed by atoms with Crippen molar-refractivity contribution in [3.63, 3.8) is 0 Å². The Morgan fingerprint density at radius 2 is 1.75 bits per heavy atom. The highest BCUT2D eigenvalue weighted by atomic mass is 16.5. The number of ether oxygens (including phenoxy) is 1. The van der Waals surface area contributed by atoms with Crippen molar-refractivity contribution in [2.24, 2.45) is 5.92 Å². The number of methoxy groups -OCH3 is 1. The number of nitrogens with zero attached hydrogens (tertiary/aromatic N) is 1. The second-order valence-electron chi connectivity index (χ2n) is 7.56. The number of hydrogen-bond acceptors (Lipinski definition) is 3. The van der Waals surface area contributed by atoms with Gasteiger partial charge in [0.25, 0.3) is 0 Å². The van der Waals surface area contributed by atoms with Crippen LogP contribution in [0.1, 0.15) is 36.9 Å². The highest BCUT2D eigenvalue weighted by Crippen LogP contribution is 2.27. The lowest BCUT2D eigenvalue weighted by molar-refractivity contribution is 0.136.